The van der Waals surface area contributed by atoms with Crippen molar-refractivity contribution in [2.45, 2.75) is 19.1 Å². The van der Waals surface area contributed by atoms with Crippen LogP contribution in [-0.4, -0.2) is 18.5 Å². The van der Waals surface area contributed by atoms with E-state index in [1.807, 2.05) is 6.92 Å². The number of epoxide rings is 1. The van der Waals surface area contributed by atoms with Crippen LogP contribution in [-0.2, 0) is 9.53 Å². The Morgan fingerprint density at radius 1 is 1.62 bits per heavy atom. The van der Waals surface area contributed by atoms with Gasteiger partial charge in [-0.3, -0.25) is 4.79 Å². The Balaban J connectivity index is 2.21. The van der Waals surface area contributed by atoms with E-state index >= 15 is 0 Å². The van der Waals surface area contributed by atoms with Crippen LogP contribution in [0.2, 0.25) is 0 Å². The minimum absolute atomic E-state index is 0.209. The summed E-state index contributed by atoms with van der Waals surface area (Å²) in [4.78, 5) is 9.70. The summed E-state index contributed by atoms with van der Waals surface area (Å²) in [6.07, 6.45) is 4.52. The number of rotatable bonds is 2. The van der Waals surface area contributed by atoms with Crippen molar-refractivity contribution in [3.8, 4) is 0 Å². The first kappa shape index (κ1) is 5.51. The lowest BCUT2D eigenvalue weighted by atomic mass is 10.3. The summed E-state index contributed by atoms with van der Waals surface area (Å²) < 4.78 is 4.97. The Morgan fingerprint density at radius 2 is 2.25 bits per heavy atom. The van der Waals surface area contributed by atoms with Crippen molar-refractivity contribution in [1.29, 1.82) is 0 Å². The van der Waals surface area contributed by atoms with Gasteiger partial charge in [0.25, 0.3) is 0 Å². The predicted octanol–water partition coefficient (Wildman–Crippen LogP) is 0.529. The topological polar surface area (TPSA) is 29.6 Å². The molecule has 1 aliphatic rings. The average Bonchev–Trinajstić information content (AvgIpc) is 2.42. The van der Waals surface area contributed by atoms with Gasteiger partial charge >= 0.3 is 0 Å². The molecule has 0 amide bonds. The summed E-state index contributed by atoms with van der Waals surface area (Å²) in [5, 5.41) is 0. The van der Waals surface area contributed by atoms with Crippen molar-refractivity contribution in [2.24, 2.45) is 0 Å². The molecular weight excluding hydrogens is 104 g/mol. The number of carbonyl (C=O) groups is 1. The highest BCUT2D eigenvalue weighted by molar-refractivity contribution is 5.64. The third-order valence-electron chi connectivity index (χ3n) is 1.14. The summed E-state index contributed by atoms with van der Waals surface area (Å²) in [5.74, 6) is 0. The van der Waals surface area contributed by atoms with Crippen LogP contribution >= 0.6 is 0 Å². The molecular formula is C6H8O2. The fourth-order valence-electron chi connectivity index (χ4n) is 0.559. The number of allylic oxidation sites excluding steroid dienone is 1. The van der Waals surface area contributed by atoms with Crippen LogP contribution in [0, 0.1) is 0 Å². The molecule has 0 spiro atoms. The molecule has 2 nitrogen and oxygen atoms in total. The first-order valence-corrected chi connectivity index (χ1v) is 2.62. The summed E-state index contributed by atoms with van der Waals surface area (Å²) in [7, 11) is 0. The van der Waals surface area contributed by atoms with Crippen molar-refractivity contribution in [1.82, 2.24) is 0 Å². The molecule has 0 unspecified atom stereocenters. The molecule has 2 heteroatoms. The highest BCUT2D eigenvalue weighted by Crippen LogP contribution is 2.21. The predicted molar refractivity (Wildman–Crippen MR) is 29.5 cm³/mol. The quantitative estimate of drug-likeness (QED) is 0.296. The van der Waals surface area contributed by atoms with Gasteiger partial charge in [0.1, 0.15) is 12.4 Å². The summed E-state index contributed by atoms with van der Waals surface area (Å²) >= 11 is 0. The number of carbonyl (C=O) groups excluding carboxylic acids is 1. The van der Waals surface area contributed by atoms with E-state index in [-0.39, 0.29) is 6.10 Å². The normalized spacial score (nSPS) is 35.6. The van der Waals surface area contributed by atoms with E-state index < -0.39 is 0 Å². The Labute approximate surface area is 48.1 Å². The Morgan fingerprint density at radius 3 is 2.62 bits per heavy atom. The molecule has 1 aliphatic heterocycles. The van der Waals surface area contributed by atoms with Crippen LogP contribution in [0.25, 0.3) is 0 Å². The van der Waals surface area contributed by atoms with Gasteiger partial charge in [0.05, 0.1) is 6.10 Å². The van der Waals surface area contributed by atoms with Crippen molar-refractivity contribution in [2.75, 3.05) is 0 Å². The van der Waals surface area contributed by atoms with Crippen LogP contribution in [0.4, 0.5) is 0 Å². The van der Waals surface area contributed by atoms with E-state index in [4.69, 9.17) is 4.74 Å². The molecule has 1 heterocycles. The molecule has 0 aromatic carbocycles. The molecule has 0 radical (unpaired) electrons. The zero-order valence-electron chi connectivity index (χ0n) is 4.70. The van der Waals surface area contributed by atoms with Gasteiger partial charge in [0, 0.05) is 0 Å². The molecule has 0 aromatic rings. The molecule has 1 saturated heterocycles. The largest absolute Gasteiger partial charge is 0.365 e. The molecule has 0 saturated carbocycles. The monoisotopic (exact) mass is 112 g/mol. The maximum absolute atomic E-state index is 9.70. The lowest BCUT2D eigenvalue weighted by molar-refractivity contribution is -0.104. The first-order valence-electron chi connectivity index (χ1n) is 2.62. The average molecular weight is 112 g/mol. The van der Waals surface area contributed by atoms with E-state index in [0.29, 0.717) is 6.10 Å². The molecule has 0 N–H and O–H groups in total. The second-order valence-electron chi connectivity index (χ2n) is 1.83. The minimum atomic E-state index is 0.209. The molecule has 0 bridgehead atoms. The number of hydrogen-bond acceptors (Lipinski definition) is 2. The van der Waals surface area contributed by atoms with Gasteiger partial charge in [-0.2, -0.15) is 0 Å². The van der Waals surface area contributed by atoms with Crippen LogP contribution in [0.3, 0.4) is 0 Å². The first-order chi connectivity index (χ1) is 3.84. The summed E-state index contributed by atoms with van der Waals surface area (Å²) in [6, 6.07) is 0. The summed E-state index contributed by atoms with van der Waals surface area (Å²) in [6.45, 7) is 1.97. The van der Waals surface area contributed by atoms with Crippen molar-refractivity contribution in [3.63, 3.8) is 0 Å². The Bertz CT molecular complexity index is 118. The maximum Gasteiger partial charge on any atom is 0.142 e. The number of hydrogen-bond donors (Lipinski definition) is 0. The molecule has 1 fully saturated rings. The van der Waals surface area contributed by atoms with Gasteiger partial charge in [0.2, 0.25) is 0 Å². The van der Waals surface area contributed by atoms with Crippen LogP contribution in [0.15, 0.2) is 12.2 Å². The fourth-order valence-corrected chi connectivity index (χ4v) is 0.559. The second-order valence-corrected chi connectivity index (χ2v) is 1.83. The zero-order valence-corrected chi connectivity index (χ0v) is 4.70. The van der Waals surface area contributed by atoms with Crippen molar-refractivity contribution < 1.29 is 9.53 Å². The fraction of sp³-hybridized carbons (Fsp3) is 0.500. The van der Waals surface area contributed by atoms with E-state index in [2.05, 4.69) is 0 Å². The number of aldehydes is 1. The number of ether oxygens (including phenoxy) is 1. The Kier molecular flexibility index (Phi) is 1.44. The van der Waals surface area contributed by atoms with E-state index in [0.717, 1.165) is 6.29 Å². The Hall–Kier alpha value is -0.630. The highest BCUT2D eigenvalue weighted by Gasteiger charge is 2.30. The van der Waals surface area contributed by atoms with Gasteiger partial charge < -0.3 is 4.74 Å². The highest BCUT2D eigenvalue weighted by atomic mass is 16.6. The standard InChI is InChI=1S/C6H8O2/c1-5-6(8-5)3-2-4-7/h2-6H,1H3/b3-2+/t5-,6+/m1/s1. The van der Waals surface area contributed by atoms with Gasteiger partial charge in [-0.1, -0.05) is 6.08 Å². The van der Waals surface area contributed by atoms with Gasteiger partial charge in [-0.25, -0.2) is 0 Å². The molecule has 44 valence electrons. The smallest absolute Gasteiger partial charge is 0.142 e. The molecule has 2 atom stereocenters. The van der Waals surface area contributed by atoms with E-state index in [1.165, 1.54) is 6.08 Å². The minimum Gasteiger partial charge on any atom is -0.365 e. The zero-order chi connectivity index (χ0) is 5.98. The lowest BCUT2D eigenvalue weighted by Gasteiger charge is -1.69. The third-order valence-corrected chi connectivity index (χ3v) is 1.14. The van der Waals surface area contributed by atoms with Crippen LogP contribution < -0.4 is 0 Å². The van der Waals surface area contributed by atoms with Crippen LogP contribution in [0.5, 0.6) is 0 Å². The van der Waals surface area contributed by atoms with Crippen molar-refractivity contribution in [3.05, 3.63) is 12.2 Å². The summed E-state index contributed by atoms with van der Waals surface area (Å²) in [5.41, 5.74) is 0. The van der Waals surface area contributed by atoms with Crippen LogP contribution in [0.1, 0.15) is 6.92 Å². The molecule has 8 heavy (non-hydrogen) atoms. The second kappa shape index (κ2) is 2.09. The molecule has 0 aliphatic carbocycles. The maximum atomic E-state index is 9.70. The van der Waals surface area contributed by atoms with E-state index in [9.17, 15) is 4.79 Å². The van der Waals surface area contributed by atoms with Gasteiger partial charge in [-0.15, -0.1) is 0 Å². The van der Waals surface area contributed by atoms with Crippen molar-refractivity contribution >= 4 is 6.29 Å². The van der Waals surface area contributed by atoms with E-state index in [1.54, 1.807) is 6.08 Å². The van der Waals surface area contributed by atoms with Gasteiger partial charge in [-0.05, 0) is 13.0 Å². The lowest BCUT2D eigenvalue weighted by Crippen LogP contribution is -1.80. The third kappa shape index (κ3) is 1.17. The van der Waals surface area contributed by atoms with Gasteiger partial charge in [0.15, 0.2) is 0 Å². The molecule has 1 rings (SSSR count). The SMILES string of the molecule is C[C@H]1O[C@H]1/C=C/C=O. The molecule has 0 aromatic heterocycles.